The van der Waals surface area contributed by atoms with Gasteiger partial charge in [0.15, 0.2) is 0 Å². The van der Waals surface area contributed by atoms with Crippen LogP contribution in [0.4, 0.5) is 5.69 Å². The van der Waals surface area contributed by atoms with E-state index in [9.17, 15) is 13.2 Å². The second-order valence-electron chi connectivity index (χ2n) is 3.20. The van der Waals surface area contributed by atoms with Crippen LogP contribution in [0, 0.1) is 0 Å². The summed E-state index contributed by atoms with van der Waals surface area (Å²) in [7, 11) is -1.94. The first-order valence-electron chi connectivity index (χ1n) is 4.20. The molecule has 88 valence electrons. The number of aromatic carboxylic acids is 1. The largest absolute Gasteiger partial charge is 0.478 e. The zero-order valence-electron chi connectivity index (χ0n) is 8.64. The Kier molecular flexibility index (Phi) is 3.59. The van der Waals surface area contributed by atoms with Gasteiger partial charge in [-0.25, -0.2) is 13.2 Å². The number of rotatable bonds is 3. The molecule has 0 saturated heterocycles. The maximum absolute atomic E-state index is 11.3. The van der Waals surface area contributed by atoms with E-state index in [-0.39, 0.29) is 5.56 Å². The van der Waals surface area contributed by atoms with Crippen LogP contribution >= 0.6 is 15.9 Å². The third kappa shape index (κ3) is 2.73. The van der Waals surface area contributed by atoms with Crippen molar-refractivity contribution in [3.63, 3.8) is 0 Å². The molecule has 0 spiro atoms. The summed E-state index contributed by atoms with van der Waals surface area (Å²) in [4.78, 5) is 10.7. The summed E-state index contributed by atoms with van der Waals surface area (Å²) in [5.41, 5.74) is 0.491. The number of hydrogen-bond acceptors (Lipinski definition) is 3. The maximum atomic E-state index is 11.3. The third-order valence-electron chi connectivity index (χ3n) is 2.04. The van der Waals surface area contributed by atoms with E-state index in [1.165, 1.54) is 25.2 Å². The first-order valence-corrected chi connectivity index (χ1v) is 6.84. The van der Waals surface area contributed by atoms with E-state index >= 15 is 0 Å². The highest BCUT2D eigenvalue weighted by atomic mass is 79.9. The van der Waals surface area contributed by atoms with Crippen LogP contribution in [0.15, 0.2) is 22.7 Å². The Morgan fingerprint density at radius 2 is 2.00 bits per heavy atom. The zero-order chi connectivity index (χ0) is 12.5. The van der Waals surface area contributed by atoms with Gasteiger partial charge in [-0.15, -0.1) is 0 Å². The molecule has 0 aliphatic rings. The van der Waals surface area contributed by atoms with Gasteiger partial charge in [0.1, 0.15) is 0 Å². The van der Waals surface area contributed by atoms with Crippen molar-refractivity contribution in [1.82, 2.24) is 0 Å². The fourth-order valence-corrected chi connectivity index (χ4v) is 2.10. The highest BCUT2D eigenvalue weighted by Gasteiger charge is 2.15. The van der Waals surface area contributed by atoms with Gasteiger partial charge in [0.25, 0.3) is 0 Å². The lowest BCUT2D eigenvalue weighted by molar-refractivity contribution is 0.0696. The fraction of sp³-hybridized carbons (Fsp3) is 0.222. The molecule has 0 fully saturated rings. The number of halogens is 1. The van der Waals surface area contributed by atoms with Crippen LogP contribution in [0.5, 0.6) is 0 Å². The Hall–Kier alpha value is -1.08. The lowest BCUT2D eigenvalue weighted by Crippen LogP contribution is -2.24. The van der Waals surface area contributed by atoms with Gasteiger partial charge in [-0.1, -0.05) is 0 Å². The molecule has 0 aliphatic carbocycles. The Balaban J connectivity index is 3.21. The fourth-order valence-electron chi connectivity index (χ4n) is 1.06. The van der Waals surface area contributed by atoms with E-state index in [1.54, 1.807) is 0 Å². The van der Waals surface area contributed by atoms with Crippen molar-refractivity contribution < 1.29 is 18.3 Å². The molecule has 0 atom stereocenters. The molecule has 0 unspecified atom stereocenters. The second kappa shape index (κ2) is 4.42. The summed E-state index contributed by atoms with van der Waals surface area (Å²) in [6, 6.07) is 4.24. The highest BCUT2D eigenvalue weighted by Crippen LogP contribution is 2.24. The van der Waals surface area contributed by atoms with E-state index < -0.39 is 16.0 Å². The van der Waals surface area contributed by atoms with Crippen molar-refractivity contribution >= 4 is 37.6 Å². The number of carboxylic acids is 1. The molecular weight excluding hydrogens is 298 g/mol. The molecule has 16 heavy (non-hydrogen) atoms. The maximum Gasteiger partial charge on any atom is 0.336 e. The zero-order valence-corrected chi connectivity index (χ0v) is 11.0. The summed E-state index contributed by atoms with van der Waals surface area (Å²) in [5, 5.41) is 8.79. The van der Waals surface area contributed by atoms with E-state index in [2.05, 4.69) is 15.9 Å². The molecule has 1 aromatic carbocycles. The van der Waals surface area contributed by atoms with Crippen molar-refractivity contribution in [3.8, 4) is 0 Å². The van der Waals surface area contributed by atoms with E-state index in [0.717, 1.165) is 10.6 Å². The summed E-state index contributed by atoms with van der Waals surface area (Å²) in [6.07, 6.45) is 1.08. The molecule has 0 radical (unpaired) electrons. The SMILES string of the molecule is CN(c1ccc(C(=O)O)c(Br)c1)S(C)(=O)=O. The molecule has 5 nitrogen and oxygen atoms in total. The smallest absolute Gasteiger partial charge is 0.336 e. The van der Waals surface area contributed by atoms with Crippen LogP contribution in [-0.2, 0) is 10.0 Å². The van der Waals surface area contributed by atoms with Crippen molar-refractivity contribution in [2.75, 3.05) is 17.6 Å². The number of carbonyl (C=O) groups is 1. The molecular formula is C9H10BrNO4S. The molecule has 0 heterocycles. The molecule has 0 aliphatic heterocycles. The minimum Gasteiger partial charge on any atom is -0.478 e. The standard InChI is InChI=1S/C9H10BrNO4S/c1-11(16(2,14)15)6-3-4-7(9(12)13)8(10)5-6/h3-5H,1-2H3,(H,12,13). The molecule has 7 heteroatoms. The summed E-state index contributed by atoms with van der Waals surface area (Å²) < 4.78 is 23.9. The molecule has 1 rings (SSSR count). The predicted octanol–water partition coefficient (Wildman–Crippen LogP) is 1.54. The Bertz CT molecular complexity index is 526. The number of nitrogens with zero attached hydrogens (tertiary/aromatic N) is 1. The van der Waals surface area contributed by atoms with Crippen molar-refractivity contribution in [2.24, 2.45) is 0 Å². The average molecular weight is 308 g/mol. The van der Waals surface area contributed by atoms with Gasteiger partial charge in [-0.3, -0.25) is 4.31 Å². The van der Waals surface area contributed by atoms with Gasteiger partial charge in [0, 0.05) is 11.5 Å². The quantitative estimate of drug-likeness (QED) is 0.919. The van der Waals surface area contributed by atoms with E-state index in [4.69, 9.17) is 5.11 Å². The third-order valence-corrected chi connectivity index (χ3v) is 3.91. The van der Waals surface area contributed by atoms with Crippen LogP contribution < -0.4 is 4.31 Å². The van der Waals surface area contributed by atoms with Crippen LogP contribution in [0.1, 0.15) is 10.4 Å². The van der Waals surface area contributed by atoms with E-state index in [1.807, 2.05) is 0 Å². The van der Waals surface area contributed by atoms with Gasteiger partial charge < -0.3 is 5.11 Å². The first-order chi connectivity index (χ1) is 7.23. The molecule has 0 saturated carbocycles. The lowest BCUT2D eigenvalue weighted by Gasteiger charge is -2.17. The molecule has 0 amide bonds. The normalized spacial score (nSPS) is 11.2. The van der Waals surface area contributed by atoms with Gasteiger partial charge in [0.05, 0.1) is 17.5 Å². The molecule has 1 aromatic rings. The summed E-state index contributed by atoms with van der Waals surface area (Å²) >= 11 is 3.08. The topological polar surface area (TPSA) is 74.7 Å². The minimum atomic E-state index is -3.34. The number of anilines is 1. The molecule has 0 bridgehead atoms. The molecule has 0 aromatic heterocycles. The van der Waals surface area contributed by atoms with Gasteiger partial charge in [0.2, 0.25) is 10.0 Å². The van der Waals surface area contributed by atoms with Crippen LogP contribution in [-0.4, -0.2) is 32.8 Å². The minimum absolute atomic E-state index is 0.0886. The Labute approximate surface area is 102 Å². The number of hydrogen-bond donors (Lipinski definition) is 1. The van der Waals surface area contributed by atoms with Crippen molar-refractivity contribution in [3.05, 3.63) is 28.2 Å². The number of carboxylic acid groups (broad SMARTS) is 1. The summed E-state index contributed by atoms with van der Waals surface area (Å²) in [6.45, 7) is 0. The molecule has 1 N–H and O–H groups in total. The number of benzene rings is 1. The van der Waals surface area contributed by atoms with Gasteiger partial charge in [-0.2, -0.15) is 0 Å². The van der Waals surface area contributed by atoms with Crippen molar-refractivity contribution in [1.29, 1.82) is 0 Å². The van der Waals surface area contributed by atoms with Gasteiger partial charge >= 0.3 is 5.97 Å². The first kappa shape index (κ1) is 13.0. The average Bonchev–Trinajstić information content (AvgIpc) is 2.14. The van der Waals surface area contributed by atoms with Crippen LogP contribution in [0.3, 0.4) is 0 Å². The van der Waals surface area contributed by atoms with Crippen LogP contribution in [0.2, 0.25) is 0 Å². The van der Waals surface area contributed by atoms with Crippen LogP contribution in [0.25, 0.3) is 0 Å². The summed E-state index contributed by atoms with van der Waals surface area (Å²) in [5.74, 6) is -1.07. The predicted molar refractivity (Wildman–Crippen MR) is 64.3 cm³/mol. The van der Waals surface area contributed by atoms with Crippen molar-refractivity contribution in [2.45, 2.75) is 0 Å². The van der Waals surface area contributed by atoms with E-state index in [0.29, 0.717) is 10.2 Å². The Morgan fingerprint density at radius 3 is 2.38 bits per heavy atom. The number of sulfonamides is 1. The Morgan fingerprint density at radius 1 is 1.44 bits per heavy atom. The van der Waals surface area contributed by atoms with Gasteiger partial charge in [-0.05, 0) is 34.1 Å². The second-order valence-corrected chi connectivity index (χ2v) is 6.07. The monoisotopic (exact) mass is 307 g/mol. The lowest BCUT2D eigenvalue weighted by atomic mass is 10.2. The highest BCUT2D eigenvalue weighted by molar-refractivity contribution is 9.10.